The maximum atomic E-state index is 12.7. The van der Waals surface area contributed by atoms with Crippen LogP contribution in [-0.2, 0) is 11.2 Å². The molecule has 2 amide bonds. The first kappa shape index (κ1) is 20.1. The van der Waals surface area contributed by atoms with E-state index in [1.807, 2.05) is 12.1 Å². The fraction of sp³-hybridized carbons (Fsp3) is 0.417. The zero-order chi connectivity index (χ0) is 19.9. The van der Waals surface area contributed by atoms with Gasteiger partial charge in [-0.25, -0.2) is 0 Å². The number of amides is 2. The predicted molar refractivity (Wildman–Crippen MR) is 114 cm³/mol. The van der Waals surface area contributed by atoms with Crippen LogP contribution < -0.4 is 10.6 Å². The van der Waals surface area contributed by atoms with E-state index in [4.69, 9.17) is 0 Å². The number of aryl methyl sites for hydroxylation is 3. The predicted octanol–water partition coefficient (Wildman–Crippen LogP) is 4.94. The van der Waals surface area contributed by atoms with Crippen LogP contribution in [0, 0.1) is 13.8 Å². The lowest BCUT2D eigenvalue weighted by atomic mass is 9.95. The van der Waals surface area contributed by atoms with E-state index in [-0.39, 0.29) is 17.9 Å². The van der Waals surface area contributed by atoms with Crippen molar-refractivity contribution in [2.24, 2.45) is 0 Å². The number of nitrogens with one attached hydrogen (secondary N) is 2. The fourth-order valence-electron chi connectivity index (χ4n) is 3.73. The molecule has 2 N–H and O–H groups in total. The van der Waals surface area contributed by atoms with E-state index < -0.39 is 0 Å². The Kier molecular flexibility index (Phi) is 6.85. The molecule has 28 heavy (non-hydrogen) atoms. The summed E-state index contributed by atoms with van der Waals surface area (Å²) in [6, 6.07) is 13.8. The number of hydrogen-bond donors (Lipinski definition) is 2. The first-order valence-corrected chi connectivity index (χ1v) is 10.3. The van der Waals surface area contributed by atoms with Crippen molar-refractivity contribution in [1.82, 2.24) is 5.32 Å². The van der Waals surface area contributed by atoms with E-state index in [2.05, 4.69) is 42.7 Å². The summed E-state index contributed by atoms with van der Waals surface area (Å²) in [5, 5.41) is 6.05. The number of anilines is 1. The van der Waals surface area contributed by atoms with E-state index >= 15 is 0 Å². The van der Waals surface area contributed by atoms with Crippen LogP contribution in [0.3, 0.4) is 0 Å². The van der Waals surface area contributed by atoms with E-state index in [1.54, 1.807) is 12.1 Å². The lowest BCUT2D eigenvalue weighted by Crippen LogP contribution is -2.36. The van der Waals surface area contributed by atoms with Crippen LogP contribution in [0.15, 0.2) is 42.5 Å². The Morgan fingerprint density at radius 2 is 1.71 bits per heavy atom. The summed E-state index contributed by atoms with van der Waals surface area (Å²) < 4.78 is 0. The molecular formula is C24H30N2O2. The maximum absolute atomic E-state index is 12.7. The van der Waals surface area contributed by atoms with Crippen LogP contribution in [-0.4, -0.2) is 17.9 Å². The number of carbonyl (C=O) groups excluding carboxylic acids is 2. The topological polar surface area (TPSA) is 58.2 Å². The SMILES string of the molecule is Cc1ccc(CCC(=O)Nc2ccccc2C(=O)NC2CCCCC2)cc1C. The lowest BCUT2D eigenvalue weighted by Gasteiger charge is -2.23. The minimum Gasteiger partial charge on any atom is -0.349 e. The van der Waals surface area contributed by atoms with Gasteiger partial charge in [0.2, 0.25) is 5.91 Å². The minimum atomic E-state index is -0.100. The van der Waals surface area contributed by atoms with Crippen molar-refractivity contribution in [3.8, 4) is 0 Å². The first-order chi connectivity index (χ1) is 13.5. The molecule has 3 rings (SSSR count). The van der Waals surface area contributed by atoms with Crippen LogP contribution in [0.4, 0.5) is 5.69 Å². The monoisotopic (exact) mass is 378 g/mol. The number of para-hydroxylation sites is 1. The molecule has 0 aliphatic heterocycles. The molecule has 1 saturated carbocycles. The molecule has 148 valence electrons. The average Bonchev–Trinajstić information content (AvgIpc) is 2.70. The number of hydrogen-bond acceptors (Lipinski definition) is 2. The van der Waals surface area contributed by atoms with Crippen LogP contribution >= 0.6 is 0 Å². The largest absolute Gasteiger partial charge is 0.349 e. The highest BCUT2D eigenvalue weighted by atomic mass is 16.2. The van der Waals surface area contributed by atoms with Crippen molar-refractivity contribution in [1.29, 1.82) is 0 Å². The van der Waals surface area contributed by atoms with Crippen LogP contribution in [0.2, 0.25) is 0 Å². The van der Waals surface area contributed by atoms with Gasteiger partial charge >= 0.3 is 0 Å². The molecule has 4 nitrogen and oxygen atoms in total. The van der Waals surface area contributed by atoms with E-state index in [0.717, 1.165) is 18.4 Å². The maximum Gasteiger partial charge on any atom is 0.253 e. The Bertz CT molecular complexity index is 838. The minimum absolute atomic E-state index is 0.0730. The smallest absolute Gasteiger partial charge is 0.253 e. The Hall–Kier alpha value is -2.62. The number of carbonyl (C=O) groups is 2. The van der Waals surface area contributed by atoms with Gasteiger partial charge in [-0.2, -0.15) is 0 Å². The summed E-state index contributed by atoms with van der Waals surface area (Å²) >= 11 is 0. The quantitative estimate of drug-likeness (QED) is 0.748. The standard InChI is InChI=1S/C24H30N2O2/c1-17-12-13-19(16-18(17)2)14-15-23(27)26-22-11-7-6-10-21(22)24(28)25-20-8-4-3-5-9-20/h6-7,10-13,16,20H,3-5,8-9,14-15H2,1-2H3,(H,25,28)(H,26,27). The number of benzene rings is 2. The molecule has 1 aliphatic rings. The van der Waals surface area contributed by atoms with Gasteiger partial charge in [-0.15, -0.1) is 0 Å². The molecule has 0 atom stereocenters. The molecule has 1 aliphatic carbocycles. The van der Waals surface area contributed by atoms with Crippen molar-refractivity contribution in [2.75, 3.05) is 5.32 Å². The number of rotatable bonds is 6. The van der Waals surface area contributed by atoms with Gasteiger partial charge in [0.1, 0.15) is 0 Å². The summed E-state index contributed by atoms with van der Waals surface area (Å²) in [5.74, 6) is -0.173. The first-order valence-electron chi connectivity index (χ1n) is 10.3. The molecular weight excluding hydrogens is 348 g/mol. The molecule has 0 unspecified atom stereocenters. The van der Waals surface area contributed by atoms with E-state index in [1.165, 1.54) is 30.4 Å². The molecule has 0 radical (unpaired) electrons. The molecule has 0 saturated heterocycles. The van der Waals surface area contributed by atoms with Crippen LogP contribution in [0.1, 0.15) is 65.6 Å². The fourth-order valence-corrected chi connectivity index (χ4v) is 3.73. The van der Waals surface area contributed by atoms with Crippen molar-refractivity contribution in [3.63, 3.8) is 0 Å². The second kappa shape index (κ2) is 9.54. The molecule has 1 fully saturated rings. The third kappa shape index (κ3) is 5.44. The summed E-state index contributed by atoms with van der Waals surface area (Å²) in [6.45, 7) is 4.17. The molecule has 0 bridgehead atoms. The van der Waals surface area contributed by atoms with Gasteiger partial charge in [-0.3, -0.25) is 9.59 Å². The molecule has 4 heteroatoms. The second-order valence-corrected chi connectivity index (χ2v) is 7.82. The second-order valence-electron chi connectivity index (χ2n) is 7.82. The highest BCUT2D eigenvalue weighted by Gasteiger charge is 2.19. The third-order valence-electron chi connectivity index (χ3n) is 5.60. The van der Waals surface area contributed by atoms with Crippen LogP contribution in [0.5, 0.6) is 0 Å². The summed E-state index contributed by atoms with van der Waals surface area (Å²) in [7, 11) is 0. The van der Waals surface area contributed by atoms with E-state index in [9.17, 15) is 9.59 Å². The van der Waals surface area contributed by atoms with Crippen molar-refractivity contribution < 1.29 is 9.59 Å². The summed E-state index contributed by atoms with van der Waals surface area (Å²) in [5.41, 5.74) is 4.77. The highest BCUT2D eigenvalue weighted by Crippen LogP contribution is 2.20. The Balaban J connectivity index is 1.59. The lowest BCUT2D eigenvalue weighted by molar-refractivity contribution is -0.116. The van der Waals surface area contributed by atoms with Crippen molar-refractivity contribution in [2.45, 2.75) is 64.8 Å². The molecule has 0 heterocycles. The normalized spacial score (nSPS) is 14.5. The molecule has 0 spiro atoms. The van der Waals surface area contributed by atoms with Gasteiger partial charge in [0.15, 0.2) is 0 Å². The van der Waals surface area contributed by atoms with Crippen LogP contribution in [0.25, 0.3) is 0 Å². The summed E-state index contributed by atoms with van der Waals surface area (Å²) in [4.78, 5) is 25.2. The van der Waals surface area contributed by atoms with Gasteiger partial charge in [0, 0.05) is 12.5 Å². The molecule has 2 aromatic rings. The zero-order valence-corrected chi connectivity index (χ0v) is 16.9. The summed E-state index contributed by atoms with van der Waals surface area (Å²) in [6.07, 6.45) is 6.74. The Labute approximate surface area is 167 Å². The van der Waals surface area contributed by atoms with Gasteiger partial charge < -0.3 is 10.6 Å². The van der Waals surface area contributed by atoms with Gasteiger partial charge in [-0.05, 0) is 61.9 Å². The average molecular weight is 379 g/mol. The molecule has 2 aromatic carbocycles. The van der Waals surface area contributed by atoms with Crippen molar-refractivity contribution in [3.05, 3.63) is 64.7 Å². The third-order valence-corrected chi connectivity index (χ3v) is 5.60. The zero-order valence-electron chi connectivity index (χ0n) is 16.9. The van der Waals surface area contributed by atoms with Crippen molar-refractivity contribution >= 4 is 17.5 Å². The Morgan fingerprint density at radius 1 is 0.964 bits per heavy atom. The Morgan fingerprint density at radius 3 is 2.46 bits per heavy atom. The van der Waals surface area contributed by atoms with Gasteiger partial charge in [-0.1, -0.05) is 49.6 Å². The van der Waals surface area contributed by atoms with Gasteiger partial charge in [0.05, 0.1) is 11.3 Å². The highest BCUT2D eigenvalue weighted by molar-refractivity contribution is 6.03. The van der Waals surface area contributed by atoms with Gasteiger partial charge in [0.25, 0.3) is 5.91 Å². The molecule has 0 aromatic heterocycles. The van der Waals surface area contributed by atoms with E-state index in [0.29, 0.717) is 24.1 Å².